The van der Waals surface area contributed by atoms with Crippen molar-refractivity contribution in [2.75, 3.05) is 12.0 Å². The van der Waals surface area contributed by atoms with E-state index >= 15 is 0 Å². The molecule has 10 heteroatoms. The highest BCUT2D eigenvalue weighted by atomic mass is 32.1. The van der Waals surface area contributed by atoms with Crippen molar-refractivity contribution in [2.45, 2.75) is 6.54 Å². The molecule has 4 rings (SSSR count). The van der Waals surface area contributed by atoms with Gasteiger partial charge in [-0.2, -0.15) is 0 Å². The molecule has 0 saturated heterocycles. The van der Waals surface area contributed by atoms with Gasteiger partial charge < -0.3 is 4.74 Å². The van der Waals surface area contributed by atoms with E-state index in [1.54, 1.807) is 31.4 Å². The quantitative estimate of drug-likeness (QED) is 0.498. The topological polar surface area (TPSA) is 73.1 Å². The van der Waals surface area contributed by atoms with E-state index in [0.717, 1.165) is 17.4 Å². The molecule has 3 aromatic heterocycles. The van der Waals surface area contributed by atoms with Gasteiger partial charge in [0, 0.05) is 25.5 Å². The van der Waals surface area contributed by atoms with Crippen molar-refractivity contribution < 1.29 is 18.3 Å². The van der Waals surface area contributed by atoms with Crippen molar-refractivity contribution >= 4 is 32.6 Å². The van der Waals surface area contributed by atoms with E-state index in [1.807, 2.05) is 0 Å². The molecule has 0 atom stereocenters. The molecule has 7 nitrogen and oxygen atoms in total. The Hall–Kier alpha value is -3.40. The van der Waals surface area contributed by atoms with Crippen LogP contribution in [0.25, 0.3) is 10.2 Å². The predicted octanol–water partition coefficient (Wildman–Crippen LogP) is 3.56. The molecule has 0 unspecified atom stereocenters. The molecule has 0 spiro atoms. The number of hydrogen-bond acceptors (Lipinski definition) is 6. The Morgan fingerprint density at radius 2 is 2.14 bits per heavy atom. The summed E-state index contributed by atoms with van der Waals surface area (Å²) >= 11 is 1.01. The minimum atomic E-state index is -0.785. The van der Waals surface area contributed by atoms with E-state index in [2.05, 4.69) is 15.1 Å². The van der Waals surface area contributed by atoms with Gasteiger partial charge in [0.15, 0.2) is 10.9 Å². The third-order valence-corrected chi connectivity index (χ3v) is 5.17. The van der Waals surface area contributed by atoms with Crippen molar-refractivity contribution in [3.63, 3.8) is 0 Å². The second kappa shape index (κ2) is 7.55. The average Bonchev–Trinajstić information content (AvgIpc) is 3.29. The molecule has 4 aromatic rings. The highest BCUT2D eigenvalue weighted by Crippen LogP contribution is 2.33. The zero-order chi connectivity index (χ0) is 20.5. The summed E-state index contributed by atoms with van der Waals surface area (Å²) in [5.41, 5.74) is 0.829. The lowest BCUT2D eigenvalue weighted by Crippen LogP contribution is -2.30. The maximum atomic E-state index is 14.2. The van der Waals surface area contributed by atoms with Crippen LogP contribution in [0, 0.1) is 11.6 Å². The van der Waals surface area contributed by atoms with Crippen molar-refractivity contribution in [1.29, 1.82) is 0 Å². The summed E-state index contributed by atoms with van der Waals surface area (Å²) in [6.45, 7) is 0.0850. The zero-order valence-corrected chi connectivity index (χ0v) is 16.3. The molecule has 0 fully saturated rings. The Labute approximate surface area is 168 Å². The van der Waals surface area contributed by atoms with E-state index in [4.69, 9.17) is 4.74 Å². The monoisotopic (exact) mass is 415 g/mol. The number of nitrogens with zero attached hydrogens (tertiary/aromatic N) is 5. The Balaban J connectivity index is 1.82. The molecule has 0 aliphatic carbocycles. The summed E-state index contributed by atoms with van der Waals surface area (Å²) in [5.74, 6) is -1.78. The van der Waals surface area contributed by atoms with Gasteiger partial charge in [-0.05, 0) is 18.2 Å². The standard InChI is InChI=1S/C19H15F2N5O2S/c1-25-10-13(17(24-25)28-2)18(27)26(9-12-5-3-4-6-22-12)19-23-16-14(21)7-11(20)8-15(16)29-19/h3-8,10H,9H2,1-2H3. The number of aromatic nitrogens is 4. The summed E-state index contributed by atoms with van der Waals surface area (Å²) in [6.07, 6.45) is 3.14. The van der Waals surface area contributed by atoms with Crippen LogP contribution < -0.4 is 9.64 Å². The fraction of sp³-hybridized carbons (Fsp3) is 0.158. The van der Waals surface area contributed by atoms with Crippen molar-refractivity contribution in [3.05, 3.63) is 65.6 Å². The fourth-order valence-corrected chi connectivity index (χ4v) is 3.85. The van der Waals surface area contributed by atoms with E-state index in [-0.39, 0.29) is 28.6 Å². The number of hydrogen-bond donors (Lipinski definition) is 0. The molecule has 0 aliphatic heterocycles. The molecule has 0 bridgehead atoms. The smallest absolute Gasteiger partial charge is 0.267 e. The average molecular weight is 415 g/mol. The van der Waals surface area contributed by atoms with Gasteiger partial charge in [-0.3, -0.25) is 19.4 Å². The number of pyridine rings is 1. The number of carbonyl (C=O) groups excluding carboxylic acids is 1. The van der Waals surface area contributed by atoms with Crippen molar-refractivity contribution in [3.8, 4) is 5.88 Å². The van der Waals surface area contributed by atoms with Crippen LogP contribution in [0.3, 0.4) is 0 Å². The molecule has 0 aliphatic rings. The molecule has 148 valence electrons. The molecule has 1 amide bonds. The molecule has 0 radical (unpaired) electrons. The molecule has 29 heavy (non-hydrogen) atoms. The second-order valence-electron chi connectivity index (χ2n) is 6.17. The van der Waals surface area contributed by atoms with E-state index < -0.39 is 17.5 Å². The largest absolute Gasteiger partial charge is 0.479 e. The maximum absolute atomic E-state index is 14.2. The number of aryl methyl sites for hydroxylation is 1. The molecule has 1 aromatic carbocycles. The second-order valence-corrected chi connectivity index (χ2v) is 7.18. The van der Waals surface area contributed by atoms with Crippen LogP contribution in [0.15, 0.2) is 42.7 Å². The van der Waals surface area contributed by atoms with Gasteiger partial charge in [0.25, 0.3) is 5.91 Å². The van der Waals surface area contributed by atoms with Gasteiger partial charge in [0.2, 0.25) is 5.88 Å². The minimum absolute atomic E-state index is 0.00312. The lowest BCUT2D eigenvalue weighted by molar-refractivity contribution is 0.0982. The molecular weight excluding hydrogens is 400 g/mol. The number of fused-ring (bicyclic) bond motifs is 1. The summed E-state index contributed by atoms with van der Waals surface area (Å²) in [6, 6.07) is 7.27. The first kappa shape index (κ1) is 18.9. The van der Waals surface area contributed by atoms with Gasteiger partial charge in [-0.25, -0.2) is 13.8 Å². The third-order valence-electron chi connectivity index (χ3n) is 4.14. The fourth-order valence-electron chi connectivity index (χ4n) is 2.85. The first-order valence-corrected chi connectivity index (χ1v) is 9.33. The number of halogens is 2. The van der Waals surface area contributed by atoms with E-state index in [1.165, 1.54) is 29.0 Å². The van der Waals surface area contributed by atoms with Crippen LogP contribution >= 0.6 is 11.3 Å². The third kappa shape index (κ3) is 3.66. The Kier molecular flexibility index (Phi) is 4.93. The van der Waals surface area contributed by atoms with Crippen LogP contribution in [-0.2, 0) is 13.6 Å². The zero-order valence-electron chi connectivity index (χ0n) is 15.5. The van der Waals surface area contributed by atoms with E-state index in [0.29, 0.717) is 10.4 Å². The Morgan fingerprint density at radius 1 is 1.31 bits per heavy atom. The number of benzene rings is 1. The van der Waals surface area contributed by atoms with Crippen LogP contribution in [0.4, 0.5) is 13.9 Å². The number of methoxy groups -OCH3 is 1. The number of carbonyl (C=O) groups is 1. The SMILES string of the molecule is COc1nn(C)cc1C(=O)N(Cc1ccccn1)c1nc2c(F)cc(F)cc2s1. The summed E-state index contributed by atoms with van der Waals surface area (Å²) in [7, 11) is 3.08. The van der Waals surface area contributed by atoms with Gasteiger partial charge in [-0.1, -0.05) is 17.4 Å². The van der Waals surface area contributed by atoms with Crippen LogP contribution in [-0.4, -0.2) is 32.8 Å². The van der Waals surface area contributed by atoms with Gasteiger partial charge >= 0.3 is 0 Å². The molecular formula is C19H15F2N5O2S. The highest BCUT2D eigenvalue weighted by molar-refractivity contribution is 7.22. The summed E-state index contributed by atoms with van der Waals surface area (Å²) < 4.78 is 34.7. The van der Waals surface area contributed by atoms with E-state index in [9.17, 15) is 13.6 Å². The number of rotatable bonds is 5. The van der Waals surface area contributed by atoms with Crippen LogP contribution in [0.5, 0.6) is 5.88 Å². The van der Waals surface area contributed by atoms with Gasteiger partial charge in [-0.15, -0.1) is 5.10 Å². The number of anilines is 1. The molecule has 0 saturated carbocycles. The Bertz CT molecular complexity index is 1190. The van der Waals surface area contributed by atoms with Crippen molar-refractivity contribution in [2.24, 2.45) is 7.05 Å². The highest BCUT2D eigenvalue weighted by Gasteiger charge is 2.27. The van der Waals surface area contributed by atoms with Gasteiger partial charge in [0.1, 0.15) is 16.9 Å². The van der Waals surface area contributed by atoms with Crippen LogP contribution in [0.2, 0.25) is 0 Å². The Morgan fingerprint density at radius 3 is 2.86 bits per heavy atom. The lowest BCUT2D eigenvalue weighted by atomic mass is 10.2. The number of ether oxygens (including phenoxy) is 1. The normalized spacial score (nSPS) is 11.0. The van der Waals surface area contributed by atoms with Gasteiger partial charge in [0.05, 0.1) is 24.0 Å². The number of thiazole rings is 1. The van der Waals surface area contributed by atoms with Crippen molar-refractivity contribution in [1.82, 2.24) is 19.7 Å². The minimum Gasteiger partial charge on any atom is -0.479 e. The lowest BCUT2D eigenvalue weighted by Gasteiger charge is -2.19. The first-order valence-electron chi connectivity index (χ1n) is 8.51. The predicted molar refractivity (Wildman–Crippen MR) is 104 cm³/mol. The van der Waals surface area contributed by atoms with Crippen LogP contribution in [0.1, 0.15) is 16.1 Å². The first-order chi connectivity index (χ1) is 14.0. The molecule has 3 heterocycles. The summed E-state index contributed by atoms with van der Waals surface area (Å²) in [5, 5.41) is 4.32. The maximum Gasteiger partial charge on any atom is 0.267 e. The summed E-state index contributed by atoms with van der Waals surface area (Å²) in [4.78, 5) is 23.2. The molecule has 0 N–H and O–H groups in total. The number of amides is 1.